The van der Waals surface area contributed by atoms with Crippen LogP contribution in [0.25, 0.3) is 0 Å². The molecular formula is C14H18BrClN2. The first kappa shape index (κ1) is 13.9. The molecule has 4 heteroatoms. The lowest BCUT2D eigenvalue weighted by atomic mass is 9.83. The van der Waals surface area contributed by atoms with Crippen LogP contribution in [0.5, 0.6) is 0 Å². The molecular weight excluding hydrogens is 312 g/mol. The minimum Gasteiger partial charge on any atom is -0.351 e. The second kappa shape index (κ2) is 5.22. The number of halogens is 2. The molecule has 1 aromatic rings. The van der Waals surface area contributed by atoms with Crippen molar-refractivity contribution in [2.45, 2.75) is 27.2 Å². The first-order valence-electron chi connectivity index (χ1n) is 6.13. The van der Waals surface area contributed by atoms with Gasteiger partial charge in [-0.25, -0.2) is 4.98 Å². The largest absolute Gasteiger partial charge is 0.351 e. The molecule has 0 aromatic carbocycles. The number of hydrogen-bond acceptors (Lipinski definition) is 2. The van der Waals surface area contributed by atoms with Gasteiger partial charge in [-0.3, -0.25) is 0 Å². The maximum Gasteiger partial charge on any atom is 0.147 e. The van der Waals surface area contributed by atoms with Crippen molar-refractivity contribution in [2.24, 2.45) is 5.41 Å². The van der Waals surface area contributed by atoms with Gasteiger partial charge in [-0.05, 0) is 33.8 Å². The van der Waals surface area contributed by atoms with Gasteiger partial charge in [0, 0.05) is 23.8 Å². The Balaban J connectivity index is 2.17. The minimum absolute atomic E-state index is 0.267. The van der Waals surface area contributed by atoms with Gasteiger partial charge in [-0.1, -0.05) is 44.0 Å². The first-order valence-corrected chi connectivity index (χ1v) is 7.30. The van der Waals surface area contributed by atoms with E-state index in [0.717, 1.165) is 29.8 Å². The fourth-order valence-electron chi connectivity index (χ4n) is 2.18. The average molecular weight is 330 g/mol. The van der Waals surface area contributed by atoms with Crippen LogP contribution in [-0.4, -0.2) is 18.1 Å². The summed E-state index contributed by atoms with van der Waals surface area (Å²) in [5.74, 6) is 0.879. The zero-order valence-electron chi connectivity index (χ0n) is 11.0. The quantitative estimate of drug-likeness (QED) is 0.695. The molecule has 2 heterocycles. The van der Waals surface area contributed by atoms with Crippen molar-refractivity contribution >= 4 is 33.3 Å². The Bertz CT molecular complexity index is 477. The number of nitrogens with zero attached hydrogens (tertiary/aromatic N) is 2. The summed E-state index contributed by atoms with van der Waals surface area (Å²) < 4.78 is 0.916. The summed E-state index contributed by atoms with van der Waals surface area (Å²) in [5, 5.41) is 0.706. The standard InChI is InChI=1S/C14H18BrClN2/c1-14(2,3)10-4-6-18(7-5-10)13-12(16)8-11(15)9-17-13/h4,8-9H,5-7H2,1-3H3. The summed E-state index contributed by atoms with van der Waals surface area (Å²) in [4.78, 5) is 6.63. The average Bonchev–Trinajstić information content (AvgIpc) is 2.28. The lowest BCUT2D eigenvalue weighted by molar-refractivity contribution is 0.472. The van der Waals surface area contributed by atoms with Crippen molar-refractivity contribution in [2.75, 3.05) is 18.0 Å². The molecule has 0 radical (unpaired) electrons. The molecule has 0 unspecified atom stereocenters. The van der Waals surface area contributed by atoms with Crippen LogP contribution in [0.4, 0.5) is 5.82 Å². The zero-order valence-corrected chi connectivity index (χ0v) is 13.3. The Labute approximate surface area is 122 Å². The van der Waals surface area contributed by atoms with Gasteiger partial charge in [-0.15, -0.1) is 0 Å². The lowest BCUT2D eigenvalue weighted by Crippen LogP contribution is -2.32. The van der Waals surface area contributed by atoms with E-state index in [0.29, 0.717) is 5.02 Å². The summed E-state index contributed by atoms with van der Waals surface area (Å²) in [6, 6.07) is 1.90. The molecule has 0 bridgehead atoms. The van der Waals surface area contributed by atoms with Gasteiger partial charge in [0.2, 0.25) is 0 Å². The van der Waals surface area contributed by atoms with Crippen LogP contribution in [0.3, 0.4) is 0 Å². The molecule has 0 spiro atoms. The van der Waals surface area contributed by atoms with Gasteiger partial charge in [0.25, 0.3) is 0 Å². The zero-order chi connectivity index (χ0) is 13.3. The smallest absolute Gasteiger partial charge is 0.147 e. The van der Waals surface area contributed by atoms with Crippen LogP contribution in [0.1, 0.15) is 27.2 Å². The lowest BCUT2D eigenvalue weighted by Gasteiger charge is -2.33. The van der Waals surface area contributed by atoms with Crippen molar-refractivity contribution in [3.8, 4) is 0 Å². The summed E-state index contributed by atoms with van der Waals surface area (Å²) in [5.41, 5.74) is 1.79. The molecule has 0 N–H and O–H groups in total. The van der Waals surface area contributed by atoms with Crippen LogP contribution in [-0.2, 0) is 0 Å². The number of pyridine rings is 1. The van der Waals surface area contributed by atoms with E-state index in [4.69, 9.17) is 11.6 Å². The minimum atomic E-state index is 0.267. The van der Waals surface area contributed by atoms with E-state index in [-0.39, 0.29) is 5.41 Å². The Kier molecular flexibility index (Phi) is 4.02. The first-order chi connectivity index (χ1) is 8.38. The maximum absolute atomic E-state index is 6.23. The highest BCUT2D eigenvalue weighted by molar-refractivity contribution is 9.10. The molecule has 0 amide bonds. The van der Waals surface area contributed by atoms with E-state index in [2.05, 4.69) is 52.7 Å². The Morgan fingerprint density at radius 3 is 2.61 bits per heavy atom. The molecule has 2 nitrogen and oxygen atoms in total. The van der Waals surface area contributed by atoms with Gasteiger partial charge in [0.1, 0.15) is 5.82 Å². The maximum atomic E-state index is 6.23. The van der Waals surface area contributed by atoms with Crippen LogP contribution >= 0.6 is 27.5 Å². The summed E-state index contributed by atoms with van der Waals surface area (Å²) in [6.07, 6.45) is 5.19. The highest BCUT2D eigenvalue weighted by Gasteiger charge is 2.22. The predicted octanol–water partition coefficient (Wildman–Crippen LogP) is 4.68. The van der Waals surface area contributed by atoms with Crippen LogP contribution in [0, 0.1) is 5.41 Å². The third-order valence-electron chi connectivity index (χ3n) is 3.26. The molecule has 0 atom stereocenters. The van der Waals surface area contributed by atoms with Gasteiger partial charge in [0.15, 0.2) is 0 Å². The van der Waals surface area contributed by atoms with Crippen molar-refractivity contribution in [3.05, 3.63) is 33.4 Å². The number of rotatable bonds is 1. The Morgan fingerprint density at radius 1 is 1.39 bits per heavy atom. The molecule has 2 rings (SSSR count). The van der Waals surface area contributed by atoms with E-state index in [9.17, 15) is 0 Å². The summed E-state index contributed by atoms with van der Waals surface area (Å²) in [6.45, 7) is 8.66. The van der Waals surface area contributed by atoms with Gasteiger partial charge in [0.05, 0.1) is 5.02 Å². The van der Waals surface area contributed by atoms with E-state index < -0.39 is 0 Å². The Morgan fingerprint density at radius 2 is 2.11 bits per heavy atom. The molecule has 1 aromatic heterocycles. The van der Waals surface area contributed by atoms with Crippen LogP contribution < -0.4 is 4.90 Å². The third-order valence-corrected chi connectivity index (χ3v) is 3.97. The molecule has 18 heavy (non-hydrogen) atoms. The molecule has 0 saturated carbocycles. The summed E-state index contributed by atoms with van der Waals surface area (Å²) >= 11 is 9.61. The van der Waals surface area contributed by atoms with Crippen molar-refractivity contribution in [3.63, 3.8) is 0 Å². The second-order valence-electron chi connectivity index (χ2n) is 5.63. The van der Waals surface area contributed by atoms with E-state index in [1.54, 1.807) is 6.20 Å². The van der Waals surface area contributed by atoms with Crippen LogP contribution in [0.2, 0.25) is 5.02 Å². The second-order valence-corrected chi connectivity index (χ2v) is 6.96. The topological polar surface area (TPSA) is 16.1 Å². The summed E-state index contributed by atoms with van der Waals surface area (Å²) in [7, 11) is 0. The SMILES string of the molecule is CC(C)(C)C1=CCN(c2ncc(Br)cc2Cl)CC1. The molecule has 1 aliphatic rings. The normalized spacial score (nSPS) is 16.7. The fourth-order valence-corrected chi connectivity index (χ4v) is 2.93. The molecule has 0 saturated heterocycles. The third kappa shape index (κ3) is 3.07. The fraction of sp³-hybridized carbons (Fsp3) is 0.500. The number of anilines is 1. The van der Waals surface area contributed by atoms with Crippen molar-refractivity contribution in [1.82, 2.24) is 4.98 Å². The van der Waals surface area contributed by atoms with Crippen molar-refractivity contribution in [1.29, 1.82) is 0 Å². The number of hydrogen-bond donors (Lipinski definition) is 0. The highest BCUT2D eigenvalue weighted by Crippen LogP contribution is 2.33. The van der Waals surface area contributed by atoms with E-state index >= 15 is 0 Å². The predicted molar refractivity (Wildman–Crippen MR) is 81.3 cm³/mol. The molecule has 0 fully saturated rings. The van der Waals surface area contributed by atoms with E-state index in [1.807, 2.05) is 6.07 Å². The Hall–Kier alpha value is -0.540. The molecule has 0 aliphatic carbocycles. The number of aromatic nitrogens is 1. The van der Waals surface area contributed by atoms with Crippen LogP contribution in [0.15, 0.2) is 28.4 Å². The molecule has 1 aliphatic heterocycles. The molecule has 98 valence electrons. The van der Waals surface area contributed by atoms with Gasteiger partial charge >= 0.3 is 0 Å². The van der Waals surface area contributed by atoms with Gasteiger partial charge in [-0.2, -0.15) is 0 Å². The van der Waals surface area contributed by atoms with Gasteiger partial charge < -0.3 is 4.90 Å². The van der Waals surface area contributed by atoms with E-state index in [1.165, 1.54) is 5.57 Å². The highest BCUT2D eigenvalue weighted by atomic mass is 79.9. The monoisotopic (exact) mass is 328 g/mol. The van der Waals surface area contributed by atoms with Crippen molar-refractivity contribution < 1.29 is 0 Å².